The SMILES string of the molecule is O=C1C2CCc3ccccc3N2C(c2ccc(CO)cc2)N1Nc1ccccc1. The fourth-order valence-electron chi connectivity index (χ4n) is 4.40. The first-order valence-electron chi connectivity index (χ1n) is 9.97. The number of hydrogen-bond acceptors (Lipinski definition) is 4. The topological polar surface area (TPSA) is 55.8 Å². The maximum atomic E-state index is 13.4. The molecule has 2 aliphatic heterocycles. The van der Waals surface area contributed by atoms with E-state index in [2.05, 4.69) is 28.5 Å². The molecule has 3 aromatic rings. The molecule has 5 heteroatoms. The lowest BCUT2D eigenvalue weighted by molar-refractivity contribution is -0.128. The predicted octanol–water partition coefficient (Wildman–Crippen LogP) is 3.87. The van der Waals surface area contributed by atoms with Crippen LogP contribution in [0.1, 0.15) is 29.3 Å². The quantitative estimate of drug-likeness (QED) is 0.716. The highest BCUT2D eigenvalue weighted by Gasteiger charge is 2.49. The third-order valence-corrected chi connectivity index (χ3v) is 5.81. The summed E-state index contributed by atoms with van der Waals surface area (Å²) in [6, 6.07) is 25.8. The molecular weight excluding hydrogens is 362 g/mol. The van der Waals surface area contributed by atoms with Crippen molar-refractivity contribution < 1.29 is 9.90 Å². The van der Waals surface area contributed by atoms with E-state index in [0.29, 0.717) is 0 Å². The van der Waals surface area contributed by atoms with Crippen LogP contribution in [-0.2, 0) is 17.8 Å². The number of amides is 1. The molecule has 2 heterocycles. The Bertz CT molecular complexity index is 1020. The van der Waals surface area contributed by atoms with Crippen LogP contribution in [0.3, 0.4) is 0 Å². The maximum Gasteiger partial charge on any atom is 0.265 e. The van der Waals surface area contributed by atoms with Crippen LogP contribution in [0.15, 0.2) is 78.9 Å². The number of hydrogen-bond donors (Lipinski definition) is 2. The Morgan fingerprint density at radius 3 is 2.41 bits per heavy atom. The van der Waals surface area contributed by atoms with E-state index in [4.69, 9.17) is 0 Å². The van der Waals surface area contributed by atoms with Crippen molar-refractivity contribution in [2.75, 3.05) is 10.3 Å². The van der Waals surface area contributed by atoms with Crippen LogP contribution < -0.4 is 10.3 Å². The van der Waals surface area contributed by atoms with Crippen LogP contribution in [0.4, 0.5) is 11.4 Å². The van der Waals surface area contributed by atoms with Crippen molar-refractivity contribution in [3.63, 3.8) is 0 Å². The summed E-state index contributed by atoms with van der Waals surface area (Å²) in [7, 11) is 0. The molecule has 0 aliphatic carbocycles. The molecule has 2 unspecified atom stereocenters. The van der Waals surface area contributed by atoms with Gasteiger partial charge in [0.1, 0.15) is 6.04 Å². The van der Waals surface area contributed by atoms with Crippen molar-refractivity contribution in [2.45, 2.75) is 31.7 Å². The summed E-state index contributed by atoms with van der Waals surface area (Å²) in [5, 5.41) is 11.2. The molecule has 1 amide bonds. The van der Waals surface area contributed by atoms with E-state index in [1.807, 2.05) is 60.7 Å². The van der Waals surface area contributed by atoms with Crippen LogP contribution in [0.25, 0.3) is 0 Å². The second-order valence-electron chi connectivity index (χ2n) is 7.55. The van der Waals surface area contributed by atoms with Crippen molar-refractivity contribution in [3.05, 3.63) is 95.6 Å². The number of carbonyl (C=O) groups excluding carboxylic acids is 1. The number of benzene rings is 3. The number of aliphatic hydroxyl groups excluding tert-OH is 1. The molecule has 5 rings (SSSR count). The van der Waals surface area contributed by atoms with Gasteiger partial charge in [0.2, 0.25) is 0 Å². The average molecular weight is 385 g/mol. The Morgan fingerprint density at radius 1 is 0.931 bits per heavy atom. The lowest BCUT2D eigenvalue weighted by atomic mass is 9.95. The third-order valence-electron chi connectivity index (χ3n) is 5.81. The Morgan fingerprint density at radius 2 is 1.66 bits per heavy atom. The first-order valence-corrected chi connectivity index (χ1v) is 9.97. The molecule has 146 valence electrons. The highest BCUT2D eigenvalue weighted by molar-refractivity contribution is 5.92. The van der Waals surface area contributed by atoms with Crippen LogP contribution in [-0.4, -0.2) is 22.1 Å². The summed E-state index contributed by atoms with van der Waals surface area (Å²) in [6.45, 7) is 0.00499. The summed E-state index contributed by atoms with van der Waals surface area (Å²) in [5.41, 5.74) is 8.49. The monoisotopic (exact) mass is 385 g/mol. The highest BCUT2D eigenvalue weighted by Crippen LogP contribution is 2.44. The van der Waals surface area contributed by atoms with Gasteiger partial charge in [-0.15, -0.1) is 0 Å². The van der Waals surface area contributed by atoms with Crippen LogP contribution >= 0.6 is 0 Å². The normalized spacial score (nSPS) is 20.4. The molecule has 0 radical (unpaired) electrons. The average Bonchev–Trinajstić information content (AvgIpc) is 3.06. The van der Waals surface area contributed by atoms with Crippen LogP contribution in [0.2, 0.25) is 0 Å². The van der Waals surface area contributed by atoms with Crippen molar-refractivity contribution >= 4 is 17.3 Å². The molecule has 2 aliphatic rings. The number of aryl methyl sites for hydroxylation is 1. The Labute approximate surface area is 170 Å². The first kappa shape index (κ1) is 17.8. The number of fused-ring (bicyclic) bond motifs is 3. The van der Waals surface area contributed by atoms with Crippen LogP contribution in [0.5, 0.6) is 0 Å². The predicted molar refractivity (Wildman–Crippen MR) is 113 cm³/mol. The summed E-state index contributed by atoms with van der Waals surface area (Å²) >= 11 is 0. The molecule has 1 saturated heterocycles. The van der Waals surface area contributed by atoms with Crippen LogP contribution in [0, 0.1) is 0 Å². The fourth-order valence-corrected chi connectivity index (χ4v) is 4.40. The Kier molecular flexibility index (Phi) is 4.45. The van der Waals surface area contributed by atoms with Crippen molar-refractivity contribution in [2.24, 2.45) is 0 Å². The number of anilines is 2. The lowest BCUT2D eigenvalue weighted by Gasteiger charge is -2.37. The molecule has 29 heavy (non-hydrogen) atoms. The molecule has 2 N–H and O–H groups in total. The molecule has 0 spiro atoms. The molecule has 0 bridgehead atoms. The number of carbonyl (C=O) groups is 1. The number of nitrogens with one attached hydrogen (secondary N) is 1. The number of nitrogens with zero attached hydrogens (tertiary/aromatic N) is 2. The van der Waals surface area contributed by atoms with E-state index >= 15 is 0 Å². The van der Waals surface area contributed by atoms with Gasteiger partial charge in [0.25, 0.3) is 5.91 Å². The number of hydrazine groups is 1. The van der Waals surface area contributed by atoms with E-state index in [9.17, 15) is 9.90 Å². The second-order valence-corrected chi connectivity index (χ2v) is 7.55. The minimum atomic E-state index is -0.262. The van der Waals surface area contributed by atoms with Gasteiger partial charge in [-0.1, -0.05) is 60.7 Å². The molecule has 2 atom stereocenters. The van der Waals surface area contributed by atoms with Gasteiger partial charge in [-0.2, -0.15) is 0 Å². The van der Waals surface area contributed by atoms with Gasteiger partial charge >= 0.3 is 0 Å². The van der Waals surface area contributed by atoms with E-state index in [1.165, 1.54) is 5.56 Å². The van der Waals surface area contributed by atoms with Crippen molar-refractivity contribution in [1.29, 1.82) is 0 Å². The summed E-state index contributed by atoms with van der Waals surface area (Å²) in [6.07, 6.45) is 1.44. The molecule has 3 aromatic carbocycles. The molecule has 0 aromatic heterocycles. The molecular formula is C24H23N3O2. The van der Waals surface area contributed by atoms with E-state index < -0.39 is 0 Å². The van der Waals surface area contributed by atoms with Crippen molar-refractivity contribution in [3.8, 4) is 0 Å². The summed E-state index contributed by atoms with van der Waals surface area (Å²) in [4.78, 5) is 15.7. The lowest BCUT2D eigenvalue weighted by Crippen LogP contribution is -2.38. The largest absolute Gasteiger partial charge is 0.392 e. The van der Waals surface area contributed by atoms with Gasteiger partial charge in [-0.25, -0.2) is 5.01 Å². The maximum absolute atomic E-state index is 13.4. The third kappa shape index (κ3) is 3.04. The molecule has 1 fully saturated rings. The smallest absolute Gasteiger partial charge is 0.265 e. The van der Waals surface area contributed by atoms with E-state index in [0.717, 1.165) is 35.3 Å². The van der Waals surface area contributed by atoms with Gasteiger partial charge in [0, 0.05) is 5.69 Å². The van der Waals surface area contributed by atoms with Gasteiger partial charge in [-0.05, 0) is 47.7 Å². The number of rotatable bonds is 4. The molecule has 0 saturated carbocycles. The fraction of sp³-hybridized carbons (Fsp3) is 0.208. The zero-order valence-corrected chi connectivity index (χ0v) is 16.0. The number of aliphatic hydroxyl groups is 1. The summed E-state index contributed by atoms with van der Waals surface area (Å²) in [5.74, 6) is 0.0830. The van der Waals surface area contributed by atoms with E-state index in [1.54, 1.807) is 5.01 Å². The zero-order valence-electron chi connectivity index (χ0n) is 16.0. The number of para-hydroxylation sites is 2. The van der Waals surface area contributed by atoms with Gasteiger partial charge in [0.15, 0.2) is 6.17 Å². The van der Waals surface area contributed by atoms with Gasteiger partial charge in [-0.3, -0.25) is 10.2 Å². The van der Waals surface area contributed by atoms with Gasteiger partial charge < -0.3 is 10.0 Å². The van der Waals surface area contributed by atoms with E-state index in [-0.39, 0.29) is 24.7 Å². The second kappa shape index (κ2) is 7.26. The Hall–Kier alpha value is -3.31. The standard InChI is InChI=1S/C24H23N3O2/c28-16-17-10-12-19(13-11-17)23-26-21-9-5-4-6-18(21)14-15-22(26)24(29)27(23)25-20-7-2-1-3-8-20/h1-13,22-23,25,28H,14-16H2. The summed E-state index contributed by atoms with van der Waals surface area (Å²) < 4.78 is 0. The minimum absolute atomic E-state index is 0.00499. The molecule has 5 nitrogen and oxygen atoms in total. The minimum Gasteiger partial charge on any atom is -0.392 e. The zero-order chi connectivity index (χ0) is 19.8. The Balaban J connectivity index is 1.60. The highest BCUT2D eigenvalue weighted by atomic mass is 16.3. The van der Waals surface area contributed by atoms with Gasteiger partial charge in [0.05, 0.1) is 12.3 Å². The van der Waals surface area contributed by atoms with Crippen molar-refractivity contribution in [1.82, 2.24) is 5.01 Å². The first-order chi connectivity index (χ1) is 14.3.